The fraction of sp³-hybridized carbons (Fsp3) is 0.154. The number of aromatic carboxylic acids is 1. The molecule has 18 heavy (non-hydrogen) atoms. The molecule has 2 N–H and O–H groups in total. The smallest absolute Gasteiger partial charge is 0.345 e. The van der Waals surface area contributed by atoms with Crippen LogP contribution in [-0.4, -0.2) is 11.1 Å². The number of benzene rings is 1. The van der Waals surface area contributed by atoms with Crippen molar-refractivity contribution in [2.45, 2.75) is 13.5 Å². The van der Waals surface area contributed by atoms with E-state index in [0.717, 1.165) is 10.4 Å². The van der Waals surface area contributed by atoms with E-state index in [0.29, 0.717) is 17.1 Å². The molecule has 2 rings (SSSR count). The van der Waals surface area contributed by atoms with Gasteiger partial charge in [-0.1, -0.05) is 6.07 Å². The topological polar surface area (TPSA) is 49.3 Å². The number of carbonyl (C=O) groups is 1. The van der Waals surface area contributed by atoms with Gasteiger partial charge in [0.1, 0.15) is 10.7 Å². The summed E-state index contributed by atoms with van der Waals surface area (Å²) in [5.74, 6) is -1.21. The predicted octanol–water partition coefficient (Wildman–Crippen LogP) is 3.51. The van der Waals surface area contributed by atoms with Crippen molar-refractivity contribution in [1.82, 2.24) is 0 Å². The summed E-state index contributed by atoms with van der Waals surface area (Å²) in [6.07, 6.45) is 0. The molecule has 1 aromatic carbocycles. The minimum absolute atomic E-state index is 0.298. The maximum absolute atomic E-state index is 13.0. The third-order valence-electron chi connectivity index (χ3n) is 2.54. The molecule has 0 atom stereocenters. The molecule has 0 spiro atoms. The molecular weight excluding hydrogens is 253 g/mol. The average molecular weight is 265 g/mol. The molecule has 0 amide bonds. The van der Waals surface area contributed by atoms with E-state index in [1.165, 1.54) is 23.5 Å². The van der Waals surface area contributed by atoms with Crippen molar-refractivity contribution < 1.29 is 14.3 Å². The lowest BCUT2D eigenvalue weighted by molar-refractivity contribution is 0.0702. The molecule has 0 bridgehead atoms. The molecule has 1 aromatic heterocycles. The second kappa shape index (κ2) is 5.18. The second-order valence-corrected chi connectivity index (χ2v) is 5.12. The number of hydrogen-bond acceptors (Lipinski definition) is 3. The Bertz CT molecular complexity index is 580. The van der Waals surface area contributed by atoms with Crippen molar-refractivity contribution in [2.75, 3.05) is 5.32 Å². The van der Waals surface area contributed by atoms with Gasteiger partial charge in [-0.25, -0.2) is 9.18 Å². The Balaban J connectivity index is 2.08. The molecule has 0 aliphatic carbocycles. The molecule has 0 radical (unpaired) electrons. The van der Waals surface area contributed by atoms with Gasteiger partial charge in [0.05, 0.1) is 0 Å². The van der Waals surface area contributed by atoms with Gasteiger partial charge in [0.25, 0.3) is 0 Å². The Hall–Kier alpha value is -1.88. The number of carboxylic acids is 1. The van der Waals surface area contributed by atoms with Gasteiger partial charge in [-0.2, -0.15) is 0 Å². The van der Waals surface area contributed by atoms with Crippen LogP contribution in [0.2, 0.25) is 0 Å². The Morgan fingerprint density at radius 1 is 1.44 bits per heavy atom. The first kappa shape index (κ1) is 12.6. The standard InChI is InChI=1S/C13H12FNO2S/c1-8-9(5-12(18-8)13(16)17)7-15-11-4-2-3-10(14)6-11/h2-6,15H,7H2,1H3,(H,16,17). The summed E-state index contributed by atoms with van der Waals surface area (Å²) >= 11 is 1.25. The SMILES string of the molecule is Cc1sc(C(=O)O)cc1CNc1cccc(F)c1. The highest BCUT2D eigenvalue weighted by molar-refractivity contribution is 7.14. The van der Waals surface area contributed by atoms with Crippen molar-refractivity contribution in [2.24, 2.45) is 0 Å². The number of hydrogen-bond donors (Lipinski definition) is 2. The summed E-state index contributed by atoms with van der Waals surface area (Å²) in [5.41, 5.74) is 1.60. The van der Waals surface area contributed by atoms with Crippen LogP contribution in [-0.2, 0) is 6.54 Å². The van der Waals surface area contributed by atoms with E-state index in [-0.39, 0.29) is 5.82 Å². The first-order valence-electron chi connectivity index (χ1n) is 5.38. The maximum Gasteiger partial charge on any atom is 0.345 e. The fourth-order valence-corrected chi connectivity index (χ4v) is 2.48. The molecular formula is C13H12FNO2S. The summed E-state index contributed by atoms with van der Waals surface area (Å²) in [4.78, 5) is 12.1. The number of carboxylic acid groups (broad SMARTS) is 1. The van der Waals surface area contributed by atoms with Gasteiger partial charge in [0.15, 0.2) is 0 Å². The van der Waals surface area contributed by atoms with Gasteiger partial charge in [0, 0.05) is 17.1 Å². The van der Waals surface area contributed by atoms with Gasteiger partial charge in [0.2, 0.25) is 0 Å². The second-order valence-electron chi connectivity index (χ2n) is 3.86. The van der Waals surface area contributed by atoms with Gasteiger partial charge in [-0.05, 0) is 36.8 Å². The molecule has 2 aromatic rings. The number of nitrogens with one attached hydrogen (secondary N) is 1. The highest BCUT2D eigenvalue weighted by Gasteiger charge is 2.10. The van der Waals surface area contributed by atoms with Gasteiger partial charge in [-0.3, -0.25) is 0 Å². The summed E-state index contributed by atoms with van der Waals surface area (Å²) in [5, 5.41) is 12.0. The molecule has 0 saturated carbocycles. The van der Waals surface area contributed by atoms with Crippen molar-refractivity contribution in [1.29, 1.82) is 0 Å². The molecule has 5 heteroatoms. The minimum Gasteiger partial charge on any atom is -0.477 e. The van der Waals surface area contributed by atoms with Crippen LogP contribution in [0.5, 0.6) is 0 Å². The number of anilines is 1. The molecule has 1 heterocycles. The van der Waals surface area contributed by atoms with E-state index in [2.05, 4.69) is 5.32 Å². The highest BCUT2D eigenvalue weighted by Crippen LogP contribution is 2.22. The van der Waals surface area contributed by atoms with E-state index < -0.39 is 5.97 Å². The van der Waals surface area contributed by atoms with Crippen LogP contribution in [0.4, 0.5) is 10.1 Å². The zero-order valence-electron chi connectivity index (χ0n) is 9.74. The van der Waals surface area contributed by atoms with Crippen molar-refractivity contribution in [3.63, 3.8) is 0 Å². The van der Waals surface area contributed by atoms with E-state index in [9.17, 15) is 9.18 Å². The first-order chi connectivity index (χ1) is 8.56. The monoisotopic (exact) mass is 265 g/mol. The van der Waals surface area contributed by atoms with Crippen LogP contribution in [0.1, 0.15) is 20.1 Å². The number of thiophene rings is 1. The zero-order chi connectivity index (χ0) is 13.1. The Morgan fingerprint density at radius 2 is 2.22 bits per heavy atom. The zero-order valence-corrected chi connectivity index (χ0v) is 10.6. The lowest BCUT2D eigenvalue weighted by atomic mass is 10.2. The molecule has 3 nitrogen and oxygen atoms in total. The number of rotatable bonds is 4. The van der Waals surface area contributed by atoms with E-state index in [4.69, 9.17) is 5.11 Å². The van der Waals surface area contributed by atoms with Gasteiger partial charge < -0.3 is 10.4 Å². The maximum atomic E-state index is 13.0. The molecule has 0 aliphatic rings. The summed E-state index contributed by atoms with van der Waals surface area (Å²) < 4.78 is 13.0. The van der Waals surface area contributed by atoms with Gasteiger partial charge in [-0.15, -0.1) is 11.3 Å². The summed E-state index contributed by atoms with van der Waals surface area (Å²) in [6.45, 7) is 2.36. The van der Waals surface area contributed by atoms with Crippen molar-refractivity contribution in [3.05, 3.63) is 51.5 Å². The lowest BCUT2D eigenvalue weighted by Crippen LogP contribution is -1.99. The molecule has 0 unspecified atom stereocenters. The Morgan fingerprint density at radius 3 is 2.83 bits per heavy atom. The lowest BCUT2D eigenvalue weighted by Gasteiger charge is -2.05. The van der Waals surface area contributed by atoms with Crippen LogP contribution in [0.25, 0.3) is 0 Å². The molecule has 0 saturated heterocycles. The minimum atomic E-state index is -0.917. The van der Waals surface area contributed by atoms with Crippen LogP contribution >= 0.6 is 11.3 Å². The quantitative estimate of drug-likeness (QED) is 0.889. The molecule has 94 valence electrons. The largest absolute Gasteiger partial charge is 0.477 e. The third kappa shape index (κ3) is 2.87. The molecule has 0 aliphatic heterocycles. The van der Waals surface area contributed by atoms with Crippen LogP contribution in [0.15, 0.2) is 30.3 Å². The van der Waals surface area contributed by atoms with Crippen LogP contribution < -0.4 is 5.32 Å². The van der Waals surface area contributed by atoms with Crippen LogP contribution in [0.3, 0.4) is 0 Å². The van der Waals surface area contributed by atoms with Crippen LogP contribution in [0, 0.1) is 12.7 Å². The third-order valence-corrected chi connectivity index (χ3v) is 3.62. The first-order valence-corrected chi connectivity index (χ1v) is 6.20. The molecule has 0 fully saturated rings. The number of aryl methyl sites for hydroxylation is 1. The van der Waals surface area contributed by atoms with Crippen molar-refractivity contribution in [3.8, 4) is 0 Å². The summed E-state index contributed by atoms with van der Waals surface area (Å²) in [7, 11) is 0. The normalized spacial score (nSPS) is 10.3. The van der Waals surface area contributed by atoms with Gasteiger partial charge >= 0.3 is 5.97 Å². The number of halogens is 1. The predicted molar refractivity (Wildman–Crippen MR) is 69.7 cm³/mol. The summed E-state index contributed by atoms with van der Waals surface area (Å²) in [6, 6.07) is 7.82. The Kier molecular flexibility index (Phi) is 3.62. The van der Waals surface area contributed by atoms with E-state index in [1.54, 1.807) is 18.2 Å². The van der Waals surface area contributed by atoms with E-state index in [1.807, 2.05) is 6.92 Å². The van der Waals surface area contributed by atoms with E-state index >= 15 is 0 Å². The van der Waals surface area contributed by atoms with Crippen molar-refractivity contribution >= 4 is 23.0 Å². The average Bonchev–Trinajstić information content (AvgIpc) is 2.68. The Labute approximate surface area is 108 Å². The fourth-order valence-electron chi connectivity index (χ4n) is 1.60. The highest BCUT2D eigenvalue weighted by atomic mass is 32.1.